The molecule has 0 aliphatic carbocycles. The van der Waals surface area contributed by atoms with E-state index in [1.54, 1.807) is 0 Å². The lowest BCUT2D eigenvalue weighted by Gasteiger charge is -2.17. The molecule has 3 nitrogen and oxygen atoms in total. The van der Waals surface area contributed by atoms with E-state index in [2.05, 4.69) is 25.1 Å². The van der Waals surface area contributed by atoms with Crippen molar-refractivity contribution in [2.75, 3.05) is 19.8 Å². The number of benzene rings is 2. The second-order valence-electron chi connectivity index (χ2n) is 6.94. The Labute approximate surface area is 172 Å². The molecular formula is C24H32O3S. The molecule has 0 saturated heterocycles. The van der Waals surface area contributed by atoms with Crippen LogP contribution in [0.5, 0.6) is 5.75 Å². The van der Waals surface area contributed by atoms with Crippen molar-refractivity contribution in [3.05, 3.63) is 54.1 Å². The highest BCUT2D eigenvalue weighted by molar-refractivity contribution is 7.92. The van der Waals surface area contributed by atoms with Crippen LogP contribution in [0.15, 0.2) is 53.4 Å². The molecule has 0 N–H and O–H groups in total. The summed E-state index contributed by atoms with van der Waals surface area (Å²) in [5, 5.41) is 0.0947. The third-order valence-electron chi connectivity index (χ3n) is 4.33. The largest absolute Gasteiger partial charge is 0.611 e. The van der Waals surface area contributed by atoms with Gasteiger partial charge < -0.3 is 14.0 Å². The summed E-state index contributed by atoms with van der Waals surface area (Å²) in [4.78, 5) is 0.889. The Morgan fingerprint density at radius 2 is 1.71 bits per heavy atom. The number of rotatable bonds is 11. The SMILES string of the molecule is C/C=C/c1cc(-c2ccc(OCCOCCCC)cc2)ccc1[S+]([O-])C(C)C. The maximum absolute atomic E-state index is 12.6. The first kappa shape index (κ1) is 22.5. The standard InChI is InChI=1S/C24H32O3S/c1-5-7-15-26-16-17-27-23-12-9-20(10-13-23)21-11-14-24(28(25)19(3)4)22(18-21)8-6-2/h6,8-14,18-19H,5,7,15-17H2,1-4H3/b8-6+. The van der Waals surface area contributed by atoms with Gasteiger partial charge in [-0.1, -0.05) is 37.6 Å². The quantitative estimate of drug-likeness (QED) is 0.338. The summed E-state index contributed by atoms with van der Waals surface area (Å²) in [6, 6.07) is 14.2. The average molecular weight is 401 g/mol. The molecule has 1 atom stereocenters. The first-order chi connectivity index (χ1) is 13.6. The lowest BCUT2D eigenvalue weighted by atomic mass is 10.0. The van der Waals surface area contributed by atoms with E-state index < -0.39 is 11.2 Å². The van der Waals surface area contributed by atoms with Crippen LogP contribution in [0.25, 0.3) is 17.2 Å². The fraction of sp³-hybridized carbons (Fsp3) is 0.417. The highest BCUT2D eigenvalue weighted by Gasteiger charge is 2.19. The van der Waals surface area contributed by atoms with Crippen molar-refractivity contribution >= 4 is 17.3 Å². The summed E-state index contributed by atoms with van der Waals surface area (Å²) in [5.41, 5.74) is 3.22. The van der Waals surface area contributed by atoms with Gasteiger partial charge >= 0.3 is 0 Å². The third kappa shape index (κ3) is 6.69. The van der Waals surface area contributed by atoms with Crippen LogP contribution in [-0.2, 0) is 15.9 Å². The monoisotopic (exact) mass is 400 g/mol. The van der Waals surface area contributed by atoms with Gasteiger partial charge in [0.05, 0.1) is 6.61 Å². The number of unbranched alkanes of at least 4 members (excludes halogenated alkanes) is 1. The molecular weight excluding hydrogens is 368 g/mol. The minimum Gasteiger partial charge on any atom is -0.611 e. The maximum Gasteiger partial charge on any atom is 0.160 e. The van der Waals surface area contributed by atoms with Gasteiger partial charge in [-0.05, 0) is 79.8 Å². The Morgan fingerprint density at radius 1 is 1.00 bits per heavy atom. The van der Waals surface area contributed by atoms with Gasteiger partial charge in [0.1, 0.15) is 17.6 Å². The molecule has 0 aliphatic rings. The van der Waals surface area contributed by atoms with E-state index in [0.29, 0.717) is 13.2 Å². The molecule has 2 aromatic rings. The van der Waals surface area contributed by atoms with Crippen molar-refractivity contribution in [1.82, 2.24) is 0 Å². The molecule has 0 saturated carbocycles. The summed E-state index contributed by atoms with van der Waals surface area (Å²) < 4.78 is 23.8. The Hall–Kier alpha value is -1.75. The van der Waals surface area contributed by atoms with Gasteiger partial charge in [-0.3, -0.25) is 0 Å². The zero-order valence-corrected chi connectivity index (χ0v) is 18.3. The number of hydrogen-bond acceptors (Lipinski definition) is 3. The minimum atomic E-state index is -1.01. The van der Waals surface area contributed by atoms with E-state index in [1.165, 1.54) is 0 Å². The average Bonchev–Trinajstić information content (AvgIpc) is 2.70. The Balaban J connectivity index is 2.05. The van der Waals surface area contributed by atoms with Crippen LogP contribution in [0.4, 0.5) is 0 Å². The molecule has 0 aromatic heterocycles. The van der Waals surface area contributed by atoms with E-state index in [4.69, 9.17) is 9.47 Å². The zero-order chi connectivity index (χ0) is 20.4. The molecule has 0 heterocycles. The van der Waals surface area contributed by atoms with Crippen LogP contribution in [0, 0.1) is 0 Å². The van der Waals surface area contributed by atoms with E-state index in [9.17, 15) is 4.55 Å². The van der Waals surface area contributed by atoms with Crippen LogP contribution in [-0.4, -0.2) is 29.6 Å². The van der Waals surface area contributed by atoms with Gasteiger partial charge in [-0.2, -0.15) is 0 Å². The summed E-state index contributed by atoms with van der Waals surface area (Å²) in [7, 11) is 0. The fourth-order valence-electron chi connectivity index (χ4n) is 2.79. The normalized spacial score (nSPS) is 12.6. The van der Waals surface area contributed by atoms with Crippen molar-refractivity contribution < 1.29 is 14.0 Å². The molecule has 0 spiro atoms. The number of allylic oxidation sites excluding steroid dienone is 1. The van der Waals surface area contributed by atoms with Crippen LogP contribution in [0.3, 0.4) is 0 Å². The fourth-order valence-corrected chi connectivity index (χ4v) is 3.85. The first-order valence-electron chi connectivity index (χ1n) is 10.0. The van der Waals surface area contributed by atoms with Crippen molar-refractivity contribution in [1.29, 1.82) is 0 Å². The van der Waals surface area contributed by atoms with Crippen molar-refractivity contribution in [3.8, 4) is 16.9 Å². The summed E-state index contributed by atoms with van der Waals surface area (Å²) >= 11 is -1.01. The second kappa shape index (κ2) is 11.9. The second-order valence-corrected chi connectivity index (χ2v) is 8.91. The molecule has 1 unspecified atom stereocenters. The minimum absolute atomic E-state index is 0.0947. The first-order valence-corrected chi connectivity index (χ1v) is 11.3. The Bertz CT molecular complexity index is 738. The predicted octanol–water partition coefficient (Wildman–Crippen LogP) is 6.10. The van der Waals surface area contributed by atoms with E-state index in [-0.39, 0.29) is 5.25 Å². The van der Waals surface area contributed by atoms with Gasteiger partial charge in [0.15, 0.2) is 4.90 Å². The number of ether oxygens (including phenoxy) is 2. The molecule has 0 amide bonds. The van der Waals surface area contributed by atoms with Crippen molar-refractivity contribution in [3.63, 3.8) is 0 Å². The predicted molar refractivity (Wildman–Crippen MR) is 119 cm³/mol. The molecule has 0 radical (unpaired) electrons. The molecule has 0 aliphatic heterocycles. The van der Waals surface area contributed by atoms with Gasteiger partial charge in [0, 0.05) is 12.2 Å². The van der Waals surface area contributed by atoms with E-state index >= 15 is 0 Å². The molecule has 0 fully saturated rings. The lowest BCUT2D eigenvalue weighted by Crippen LogP contribution is -2.15. The zero-order valence-electron chi connectivity index (χ0n) is 17.4. The third-order valence-corrected chi connectivity index (χ3v) is 5.99. The topological polar surface area (TPSA) is 41.5 Å². The van der Waals surface area contributed by atoms with Crippen LogP contribution in [0.1, 0.15) is 46.1 Å². The molecule has 152 valence electrons. The summed E-state index contributed by atoms with van der Waals surface area (Å²) in [6.07, 6.45) is 6.24. The van der Waals surface area contributed by atoms with Gasteiger partial charge in [0.2, 0.25) is 0 Å². The summed E-state index contributed by atoms with van der Waals surface area (Å²) in [5.74, 6) is 0.842. The van der Waals surface area contributed by atoms with Crippen LogP contribution in [0.2, 0.25) is 0 Å². The Morgan fingerprint density at radius 3 is 2.36 bits per heavy atom. The molecule has 2 rings (SSSR count). The highest BCUT2D eigenvalue weighted by atomic mass is 32.2. The van der Waals surface area contributed by atoms with Crippen LogP contribution >= 0.6 is 0 Å². The van der Waals surface area contributed by atoms with Crippen molar-refractivity contribution in [2.45, 2.75) is 50.7 Å². The molecule has 4 heteroatoms. The molecule has 28 heavy (non-hydrogen) atoms. The highest BCUT2D eigenvalue weighted by Crippen LogP contribution is 2.29. The molecule has 2 aromatic carbocycles. The lowest BCUT2D eigenvalue weighted by molar-refractivity contribution is 0.0981. The number of hydrogen-bond donors (Lipinski definition) is 0. The summed E-state index contributed by atoms with van der Waals surface area (Å²) in [6.45, 7) is 10.1. The van der Waals surface area contributed by atoms with E-state index in [0.717, 1.165) is 46.8 Å². The Kier molecular flexibility index (Phi) is 9.62. The molecule has 0 bridgehead atoms. The van der Waals surface area contributed by atoms with E-state index in [1.807, 2.05) is 57.2 Å². The van der Waals surface area contributed by atoms with Gasteiger partial charge in [-0.15, -0.1) is 0 Å². The van der Waals surface area contributed by atoms with Crippen LogP contribution < -0.4 is 4.74 Å². The smallest absolute Gasteiger partial charge is 0.160 e. The van der Waals surface area contributed by atoms with Crippen molar-refractivity contribution in [2.24, 2.45) is 0 Å². The van der Waals surface area contributed by atoms with Gasteiger partial charge in [-0.25, -0.2) is 0 Å². The van der Waals surface area contributed by atoms with Gasteiger partial charge in [0.25, 0.3) is 0 Å². The maximum atomic E-state index is 12.6.